The molecule has 0 aliphatic heterocycles. The zero-order valence-electron chi connectivity index (χ0n) is 16.1. The van der Waals surface area contributed by atoms with Gasteiger partial charge < -0.3 is 15.5 Å². The number of carbonyl (C=O) groups is 2. The zero-order valence-corrected chi connectivity index (χ0v) is 16.1. The third kappa shape index (κ3) is 6.18. The highest BCUT2D eigenvalue weighted by molar-refractivity contribution is 5.94. The molecule has 2 aromatic carbocycles. The molecule has 0 saturated carbocycles. The molecule has 2 rings (SSSR count). The molecule has 0 radical (unpaired) electrons. The third-order valence-electron chi connectivity index (χ3n) is 4.30. The molecule has 0 fully saturated rings. The summed E-state index contributed by atoms with van der Waals surface area (Å²) in [5, 5.41) is 5.64. The summed E-state index contributed by atoms with van der Waals surface area (Å²) in [6, 6.07) is 11.8. The van der Waals surface area contributed by atoms with Crippen molar-refractivity contribution in [1.29, 1.82) is 0 Å². The summed E-state index contributed by atoms with van der Waals surface area (Å²) in [6.45, 7) is 4.38. The van der Waals surface area contributed by atoms with Gasteiger partial charge >= 0.3 is 0 Å². The highest BCUT2D eigenvalue weighted by Crippen LogP contribution is 2.22. The molecule has 0 aromatic heterocycles. The van der Waals surface area contributed by atoms with Crippen molar-refractivity contribution < 1.29 is 18.9 Å². The molecule has 0 heterocycles. The molecule has 27 heavy (non-hydrogen) atoms. The maximum atomic E-state index is 13.2. The Labute approximate surface area is 159 Å². The van der Waals surface area contributed by atoms with E-state index in [9.17, 15) is 14.0 Å². The number of carbonyl (C=O) groups excluding carboxylic acids is 2. The maximum Gasteiger partial charge on any atom is 0.279 e. The van der Waals surface area contributed by atoms with Crippen LogP contribution >= 0.6 is 0 Å². The van der Waals surface area contributed by atoms with E-state index in [1.54, 1.807) is 13.1 Å². The first-order valence-corrected chi connectivity index (χ1v) is 9.20. The lowest BCUT2D eigenvalue weighted by atomic mass is 10.0. The summed E-state index contributed by atoms with van der Waals surface area (Å²) in [5.41, 5.74) is 3.49. The van der Waals surface area contributed by atoms with E-state index < -0.39 is 5.82 Å². The Kier molecular flexibility index (Phi) is 7.49. The molecule has 2 amide bonds. The van der Waals surface area contributed by atoms with Gasteiger partial charge in [-0.2, -0.15) is 0 Å². The Balaban J connectivity index is 1.91. The van der Waals surface area contributed by atoms with Crippen molar-refractivity contribution in [2.75, 3.05) is 30.8 Å². The number of nitrogens with one attached hydrogen (secondary N) is 3. The molecule has 0 aliphatic carbocycles. The largest absolute Gasteiger partial charge is 0.322 e. The molecule has 1 unspecified atom stereocenters. The number of rotatable bonds is 8. The predicted molar refractivity (Wildman–Crippen MR) is 105 cm³/mol. The van der Waals surface area contributed by atoms with E-state index >= 15 is 0 Å². The van der Waals surface area contributed by atoms with Crippen LogP contribution in [0.4, 0.5) is 15.8 Å². The molecule has 3 N–H and O–H groups in total. The number of anilines is 2. The number of halogens is 1. The lowest BCUT2D eigenvalue weighted by Crippen LogP contribution is -3.11. The lowest BCUT2D eigenvalue weighted by molar-refractivity contribution is -0.862. The highest BCUT2D eigenvalue weighted by atomic mass is 19.1. The highest BCUT2D eigenvalue weighted by Gasteiger charge is 2.16. The molecule has 2 aromatic rings. The molecule has 0 aliphatic rings. The van der Waals surface area contributed by atoms with Crippen LogP contribution in [0, 0.1) is 5.82 Å². The van der Waals surface area contributed by atoms with Crippen LogP contribution in [0.15, 0.2) is 42.5 Å². The average molecular weight is 372 g/mol. The van der Waals surface area contributed by atoms with Crippen molar-refractivity contribution in [1.82, 2.24) is 0 Å². The quantitative estimate of drug-likeness (QED) is 0.664. The first-order chi connectivity index (χ1) is 12.9. The Morgan fingerprint density at radius 2 is 1.48 bits per heavy atom. The van der Waals surface area contributed by atoms with Crippen LogP contribution in [-0.4, -0.2) is 32.0 Å². The van der Waals surface area contributed by atoms with Crippen molar-refractivity contribution in [3.63, 3.8) is 0 Å². The Hall–Kier alpha value is -2.73. The topological polar surface area (TPSA) is 62.6 Å². The van der Waals surface area contributed by atoms with Gasteiger partial charge in [0, 0.05) is 11.4 Å². The van der Waals surface area contributed by atoms with Gasteiger partial charge in [0.2, 0.25) is 0 Å². The fourth-order valence-electron chi connectivity index (χ4n) is 2.97. The van der Waals surface area contributed by atoms with Gasteiger partial charge in [-0.1, -0.05) is 38.1 Å². The zero-order chi connectivity index (χ0) is 19.8. The normalized spacial score (nSPS) is 11.7. The number of hydrogen-bond acceptors (Lipinski definition) is 2. The van der Waals surface area contributed by atoms with E-state index in [-0.39, 0.29) is 24.9 Å². The van der Waals surface area contributed by atoms with E-state index in [4.69, 9.17) is 0 Å². The molecular weight excluding hydrogens is 345 g/mol. The minimum absolute atomic E-state index is 0.111. The molecule has 144 valence electrons. The fourth-order valence-corrected chi connectivity index (χ4v) is 2.97. The third-order valence-corrected chi connectivity index (χ3v) is 4.30. The van der Waals surface area contributed by atoms with Crippen molar-refractivity contribution >= 4 is 23.2 Å². The van der Waals surface area contributed by atoms with Gasteiger partial charge in [-0.3, -0.25) is 9.59 Å². The molecule has 6 heteroatoms. The Morgan fingerprint density at radius 3 is 2.04 bits per heavy atom. The summed E-state index contributed by atoms with van der Waals surface area (Å²) in [5.74, 6) is -0.815. The Bertz CT molecular complexity index is 786. The van der Waals surface area contributed by atoms with Gasteiger partial charge in [-0.15, -0.1) is 0 Å². The SMILES string of the molecule is CCc1cccc(CC)c1NC(=O)C[NH+](C)CC(=O)Nc1cccc(F)c1. The van der Waals surface area contributed by atoms with Crippen LogP contribution in [0.3, 0.4) is 0 Å². The fraction of sp³-hybridized carbons (Fsp3) is 0.333. The minimum Gasteiger partial charge on any atom is -0.322 e. The number of aryl methyl sites for hydroxylation is 2. The van der Waals surface area contributed by atoms with Crippen LogP contribution < -0.4 is 15.5 Å². The van der Waals surface area contributed by atoms with Crippen molar-refractivity contribution in [3.05, 3.63) is 59.4 Å². The van der Waals surface area contributed by atoms with Gasteiger partial charge in [-0.05, 0) is 42.2 Å². The van der Waals surface area contributed by atoms with Crippen molar-refractivity contribution in [3.8, 4) is 0 Å². The number of para-hydroxylation sites is 1. The van der Waals surface area contributed by atoms with Crippen molar-refractivity contribution in [2.24, 2.45) is 0 Å². The molecule has 0 spiro atoms. The summed E-state index contributed by atoms with van der Waals surface area (Å²) in [7, 11) is 1.77. The van der Waals surface area contributed by atoms with Gasteiger partial charge in [0.15, 0.2) is 13.1 Å². The number of quaternary nitrogens is 1. The molecule has 0 bridgehead atoms. The first-order valence-electron chi connectivity index (χ1n) is 9.20. The summed E-state index contributed by atoms with van der Waals surface area (Å²) in [4.78, 5) is 25.3. The van der Waals surface area contributed by atoms with E-state index in [2.05, 4.69) is 24.5 Å². The van der Waals surface area contributed by atoms with E-state index in [0.717, 1.165) is 34.6 Å². The van der Waals surface area contributed by atoms with Gasteiger partial charge in [0.1, 0.15) is 5.82 Å². The lowest BCUT2D eigenvalue weighted by Gasteiger charge is -2.17. The van der Waals surface area contributed by atoms with Crippen LogP contribution in [-0.2, 0) is 22.4 Å². The maximum absolute atomic E-state index is 13.2. The number of hydrogen-bond donors (Lipinski definition) is 3. The smallest absolute Gasteiger partial charge is 0.279 e. The Morgan fingerprint density at radius 1 is 0.926 bits per heavy atom. The predicted octanol–water partition coefficient (Wildman–Crippen LogP) is 2.04. The standard InChI is InChI=1S/C21H26FN3O2/c1-4-15-8-6-9-16(5-2)21(15)24-20(27)14-25(3)13-19(26)23-18-11-7-10-17(22)12-18/h6-12H,4-5,13-14H2,1-3H3,(H,23,26)(H,24,27)/p+1. The second-order valence-electron chi connectivity index (χ2n) is 6.58. The monoisotopic (exact) mass is 372 g/mol. The molecule has 0 saturated heterocycles. The molecule has 5 nitrogen and oxygen atoms in total. The minimum atomic E-state index is -0.408. The van der Waals surface area contributed by atoms with E-state index in [1.165, 1.54) is 18.2 Å². The van der Waals surface area contributed by atoms with Crippen LogP contribution in [0.25, 0.3) is 0 Å². The van der Waals surface area contributed by atoms with Gasteiger partial charge in [0.05, 0.1) is 7.05 Å². The van der Waals surface area contributed by atoms with E-state index in [1.807, 2.05) is 18.2 Å². The number of amides is 2. The van der Waals surface area contributed by atoms with Crippen LogP contribution in [0.5, 0.6) is 0 Å². The summed E-state index contributed by atoms with van der Waals surface area (Å²) >= 11 is 0. The van der Waals surface area contributed by atoms with Gasteiger partial charge in [-0.25, -0.2) is 4.39 Å². The number of benzene rings is 2. The van der Waals surface area contributed by atoms with Crippen LogP contribution in [0.2, 0.25) is 0 Å². The van der Waals surface area contributed by atoms with Crippen molar-refractivity contribution in [2.45, 2.75) is 26.7 Å². The second kappa shape index (κ2) is 9.83. The number of likely N-dealkylation sites (N-methyl/N-ethyl adjacent to an activating group) is 1. The van der Waals surface area contributed by atoms with Gasteiger partial charge in [0.25, 0.3) is 11.8 Å². The summed E-state index contributed by atoms with van der Waals surface area (Å²) < 4.78 is 13.2. The molecule has 1 atom stereocenters. The molecular formula is C21H27FN3O2+. The summed E-state index contributed by atoms with van der Waals surface area (Å²) in [6.07, 6.45) is 1.67. The first kappa shape index (κ1) is 20.6. The van der Waals surface area contributed by atoms with Crippen LogP contribution in [0.1, 0.15) is 25.0 Å². The average Bonchev–Trinajstić information content (AvgIpc) is 2.61. The van der Waals surface area contributed by atoms with E-state index in [0.29, 0.717) is 5.69 Å². The second-order valence-corrected chi connectivity index (χ2v) is 6.58.